The highest BCUT2D eigenvalue weighted by Gasteiger charge is 1.81. The van der Waals surface area contributed by atoms with E-state index in [9.17, 15) is 0 Å². The highest BCUT2D eigenvalue weighted by Crippen LogP contribution is 1.98. The second-order valence-corrected chi connectivity index (χ2v) is 1.52. The molecule has 0 fully saturated rings. The third kappa shape index (κ3) is 2.59. The summed E-state index contributed by atoms with van der Waals surface area (Å²) < 4.78 is 0. The third-order valence-electron chi connectivity index (χ3n) is 1.02. The van der Waals surface area contributed by atoms with Crippen molar-refractivity contribution in [2.75, 3.05) is 6.61 Å². The smallest absolute Gasteiger partial charge is 0.0618 e. The van der Waals surface area contributed by atoms with Crippen molar-refractivity contribution in [1.82, 2.24) is 0 Å². The van der Waals surface area contributed by atoms with Crippen molar-refractivity contribution in [1.29, 1.82) is 0 Å². The lowest BCUT2D eigenvalue weighted by atomic mass is 10.2. The van der Waals surface area contributed by atoms with Crippen molar-refractivity contribution in [2.45, 2.75) is 13.3 Å². The first-order valence-corrected chi connectivity index (χ1v) is 2.77. The highest BCUT2D eigenvalue weighted by molar-refractivity contribution is 5.14. The Morgan fingerprint density at radius 3 is 2.50 bits per heavy atom. The van der Waals surface area contributed by atoms with Gasteiger partial charge in [0.25, 0.3) is 0 Å². The van der Waals surface area contributed by atoms with Crippen LogP contribution in [0.15, 0.2) is 24.3 Å². The van der Waals surface area contributed by atoms with E-state index >= 15 is 0 Å². The van der Waals surface area contributed by atoms with E-state index in [0.717, 1.165) is 12.0 Å². The first-order valence-electron chi connectivity index (χ1n) is 2.77. The average Bonchev–Trinajstić information content (AvgIpc) is 1.83. The summed E-state index contributed by atoms with van der Waals surface area (Å²) in [4.78, 5) is 0. The molecule has 0 spiro atoms. The highest BCUT2D eigenvalue weighted by atomic mass is 16.2. The molecule has 46 valence electrons. The Hall–Kier alpha value is -0.560. The Labute approximate surface area is 50.3 Å². The van der Waals surface area contributed by atoms with Crippen LogP contribution in [-0.4, -0.2) is 11.7 Å². The van der Waals surface area contributed by atoms with Gasteiger partial charge in [-0.05, 0) is 6.42 Å². The fourth-order valence-electron chi connectivity index (χ4n) is 0.489. The van der Waals surface area contributed by atoms with E-state index in [1.807, 2.05) is 6.92 Å². The number of hydrogen-bond acceptors (Lipinski definition) is 1. The summed E-state index contributed by atoms with van der Waals surface area (Å²) >= 11 is 0. The first kappa shape index (κ1) is 7.44. The summed E-state index contributed by atoms with van der Waals surface area (Å²) in [5, 5.41) is 8.37. The summed E-state index contributed by atoms with van der Waals surface area (Å²) in [6.07, 6.45) is 4.47. The van der Waals surface area contributed by atoms with Crippen molar-refractivity contribution < 1.29 is 5.11 Å². The van der Waals surface area contributed by atoms with Crippen molar-refractivity contribution in [3.8, 4) is 0 Å². The largest absolute Gasteiger partial charge is 0.392 e. The molecule has 0 saturated carbocycles. The van der Waals surface area contributed by atoms with Crippen molar-refractivity contribution in [2.24, 2.45) is 0 Å². The lowest BCUT2D eigenvalue weighted by Gasteiger charge is -1.90. The lowest BCUT2D eigenvalue weighted by Crippen LogP contribution is -1.77. The zero-order valence-corrected chi connectivity index (χ0v) is 5.22. The molecular formula is C7H12O. The molecule has 8 heavy (non-hydrogen) atoms. The molecule has 0 aromatic rings. The van der Waals surface area contributed by atoms with E-state index in [4.69, 9.17) is 5.11 Å². The number of rotatable bonds is 3. The molecule has 0 saturated heterocycles. The van der Waals surface area contributed by atoms with Gasteiger partial charge in [0.05, 0.1) is 6.61 Å². The van der Waals surface area contributed by atoms with E-state index in [1.54, 1.807) is 12.2 Å². The molecule has 0 rings (SSSR count). The van der Waals surface area contributed by atoms with Crippen LogP contribution in [0.2, 0.25) is 0 Å². The molecule has 0 radical (unpaired) electrons. The van der Waals surface area contributed by atoms with Crippen LogP contribution in [0.4, 0.5) is 0 Å². The van der Waals surface area contributed by atoms with Gasteiger partial charge >= 0.3 is 0 Å². The average molecular weight is 112 g/mol. The zero-order valence-electron chi connectivity index (χ0n) is 5.22. The van der Waals surface area contributed by atoms with Crippen molar-refractivity contribution in [3.05, 3.63) is 24.3 Å². The Bertz CT molecular complexity index is 92.6. The maximum absolute atomic E-state index is 8.37. The summed E-state index contributed by atoms with van der Waals surface area (Å²) in [6, 6.07) is 0. The Morgan fingerprint density at radius 1 is 1.75 bits per heavy atom. The molecule has 1 nitrogen and oxygen atoms in total. The van der Waals surface area contributed by atoms with Gasteiger partial charge in [-0.25, -0.2) is 0 Å². The number of hydrogen-bond donors (Lipinski definition) is 1. The minimum atomic E-state index is 0.120. The Kier molecular flexibility index (Phi) is 4.27. The van der Waals surface area contributed by atoms with E-state index in [0.29, 0.717) is 0 Å². The fourth-order valence-corrected chi connectivity index (χ4v) is 0.489. The molecule has 1 heteroatoms. The minimum absolute atomic E-state index is 0.120. The van der Waals surface area contributed by atoms with Gasteiger partial charge in [0.1, 0.15) is 0 Å². The molecule has 0 unspecified atom stereocenters. The van der Waals surface area contributed by atoms with E-state index in [2.05, 4.69) is 6.58 Å². The molecule has 0 bridgehead atoms. The molecule has 0 aliphatic heterocycles. The van der Waals surface area contributed by atoms with Crippen LogP contribution in [0.5, 0.6) is 0 Å². The third-order valence-corrected chi connectivity index (χ3v) is 1.02. The van der Waals surface area contributed by atoms with E-state index in [-0.39, 0.29) is 6.61 Å². The minimum Gasteiger partial charge on any atom is -0.392 e. The molecular weight excluding hydrogens is 100 g/mol. The quantitative estimate of drug-likeness (QED) is 0.548. The number of allylic oxidation sites excluding steroid dienone is 2. The normalized spacial score (nSPS) is 11.5. The topological polar surface area (TPSA) is 20.2 Å². The van der Waals surface area contributed by atoms with E-state index < -0.39 is 0 Å². The van der Waals surface area contributed by atoms with Crippen LogP contribution in [0.25, 0.3) is 0 Å². The van der Waals surface area contributed by atoms with Crippen LogP contribution < -0.4 is 0 Å². The number of aliphatic hydroxyl groups is 1. The fraction of sp³-hybridized carbons (Fsp3) is 0.429. The Morgan fingerprint density at radius 2 is 2.38 bits per heavy atom. The Balaban J connectivity index is 3.66. The van der Waals surface area contributed by atoms with Gasteiger partial charge in [-0.1, -0.05) is 31.2 Å². The van der Waals surface area contributed by atoms with Crippen LogP contribution >= 0.6 is 0 Å². The van der Waals surface area contributed by atoms with Crippen LogP contribution in [-0.2, 0) is 0 Å². The van der Waals surface area contributed by atoms with Gasteiger partial charge < -0.3 is 5.11 Å². The maximum atomic E-state index is 8.37. The van der Waals surface area contributed by atoms with Gasteiger partial charge in [0.2, 0.25) is 0 Å². The second kappa shape index (κ2) is 4.60. The van der Waals surface area contributed by atoms with Crippen LogP contribution in [0.1, 0.15) is 13.3 Å². The summed E-state index contributed by atoms with van der Waals surface area (Å²) in [5.41, 5.74) is 1.10. The molecule has 0 aromatic heterocycles. The molecule has 0 aliphatic carbocycles. The van der Waals surface area contributed by atoms with Gasteiger partial charge in [0.15, 0.2) is 0 Å². The predicted octanol–water partition coefficient (Wildman–Crippen LogP) is 1.50. The molecule has 0 heterocycles. The molecule has 0 atom stereocenters. The van der Waals surface area contributed by atoms with Gasteiger partial charge in [0, 0.05) is 0 Å². The second-order valence-electron chi connectivity index (χ2n) is 1.52. The first-order chi connectivity index (χ1) is 3.85. The van der Waals surface area contributed by atoms with Gasteiger partial charge in [-0.2, -0.15) is 0 Å². The van der Waals surface area contributed by atoms with Crippen molar-refractivity contribution in [3.63, 3.8) is 0 Å². The van der Waals surface area contributed by atoms with Gasteiger partial charge in [-0.3, -0.25) is 0 Å². The monoisotopic (exact) mass is 112 g/mol. The standard InChI is InChI=1S/C7H12O/c1-3-7(4-2)5-6-8/h3,5,8H,1,4,6H2,2H3/b7-5-. The SMILES string of the molecule is C=C/C(=C/CO)CC. The number of aliphatic hydroxyl groups excluding tert-OH is 1. The van der Waals surface area contributed by atoms with Crippen LogP contribution in [0.3, 0.4) is 0 Å². The van der Waals surface area contributed by atoms with Crippen LogP contribution in [0, 0.1) is 0 Å². The maximum Gasteiger partial charge on any atom is 0.0618 e. The summed E-state index contributed by atoms with van der Waals surface area (Å²) in [5.74, 6) is 0. The molecule has 0 aromatic carbocycles. The molecule has 0 aliphatic rings. The molecule has 0 amide bonds. The predicted molar refractivity (Wildman–Crippen MR) is 35.7 cm³/mol. The molecule has 1 N–H and O–H groups in total. The van der Waals surface area contributed by atoms with Gasteiger partial charge in [-0.15, -0.1) is 0 Å². The zero-order chi connectivity index (χ0) is 6.41. The summed E-state index contributed by atoms with van der Waals surface area (Å²) in [6.45, 7) is 5.72. The van der Waals surface area contributed by atoms with Crippen molar-refractivity contribution >= 4 is 0 Å². The summed E-state index contributed by atoms with van der Waals surface area (Å²) in [7, 11) is 0. The lowest BCUT2D eigenvalue weighted by molar-refractivity contribution is 0.342. The van der Waals surface area contributed by atoms with E-state index in [1.165, 1.54) is 0 Å².